The highest BCUT2D eigenvalue weighted by Crippen LogP contribution is 2.11. The molecule has 3 heteroatoms. The van der Waals surface area contributed by atoms with Gasteiger partial charge in [-0.05, 0) is 19.1 Å². The summed E-state index contributed by atoms with van der Waals surface area (Å²) in [5.41, 5.74) is 2.00. The Morgan fingerprint density at radius 1 is 1.27 bits per heavy atom. The molecule has 0 spiro atoms. The first kappa shape index (κ1) is 9.77. The minimum atomic E-state index is 0.0364. The van der Waals surface area contributed by atoms with Gasteiger partial charge in [0.1, 0.15) is 0 Å². The van der Waals surface area contributed by atoms with E-state index in [0.29, 0.717) is 6.54 Å². The van der Waals surface area contributed by atoms with Crippen LogP contribution in [0.3, 0.4) is 0 Å². The van der Waals surface area contributed by atoms with Crippen molar-refractivity contribution in [2.24, 2.45) is 7.05 Å². The minimum absolute atomic E-state index is 0.0364. The highest BCUT2D eigenvalue weighted by Gasteiger charge is 2.07. The molecule has 0 unspecified atom stereocenters. The van der Waals surface area contributed by atoms with Crippen LogP contribution < -0.4 is 5.69 Å². The van der Waals surface area contributed by atoms with Gasteiger partial charge in [0.05, 0.1) is 11.0 Å². The van der Waals surface area contributed by atoms with E-state index >= 15 is 0 Å². The highest BCUT2D eigenvalue weighted by atomic mass is 16.1. The summed E-state index contributed by atoms with van der Waals surface area (Å²) in [5.74, 6) is 0. The number of aromatic nitrogens is 2. The summed E-state index contributed by atoms with van der Waals surface area (Å²) in [5, 5.41) is 0. The van der Waals surface area contributed by atoms with Gasteiger partial charge < -0.3 is 0 Å². The van der Waals surface area contributed by atoms with E-state index in [9.17, 15) is 4.79 Å². The molecular formula is C12H14N2O. The SMILES string of the molecule is C/C=C/Cn1c(=O)n(C)c2ccccc21. The smallest absolute Gasteiger partial charge is 0.295 e. The average molecular weight is 202 g/mol. The quantitative estimate of drug-likeness (QED) is 0.683. The molecule has 1 heterocycles. The molecule has 15 heavy (non-hydrogen) atoms. The number of benzene rings is 1. The third-order valence-electron chi connectivity index (χ3n) is 2.58. The summed E-state index contributed by atoms with van der Waals surface area (Å²) in [6, 6.07) is 7.83. The first-order chi connectivity index (χ1) is 7.25. The summed E-state index contributed by atoms with van der Waals surface area (Å²) in [7, 11) is 1.80. The summed E-state index contributed by atoms with van der Waals surface area (Å²) < 4.78 is 3.45. The van der Waals surface area contributed by atoms with Gasteiger partial charge in [-0.15, -0.1) is 0 Å². The molecule has 78 valence electrons. The number of rotatable bonds is 2. The normalized spacial score (nSPS) is 11.6. The van der Waals surface area contributed by atoms with Gasteiger partial charge in [-0.1, -0.05) is 24.3 Å². The van der Waals surface area contributed by atoms with Crippen molar-refractivity contribution in [3.63, 3.8) is 0 Å². The molecule has 0 bridgehead atoms. The molecule has 0 radical (unpaired) electrons. The monoisotopic (exact) mass is 202 g/mol. The van der Waals surface area contributed by atoms with E-state index in [1.54, 1.807) is 16.2 Å². The first-order valence-corrected chi connectivity index (χ1v) is 5.01. The van der Waals surface area contributed by atoms with Gasteiger partial charge in [-0.25, -0.2) is 4.79 Å². The van der Waals surface area contributed by atoms with Crippen LogP contribution in [-0.4, -0.2) is 9.13 Å². The van der Waals surface area contributed by atoms with Gasteiger partial charge in [0.2, 0.25) is 0 Å². The molecule has 0 N–H and O–H groups in total. The van der Waals surface area contributed by atoms with Crippen LogP contribution in [-0.2, 0) is 13.6 Å². The number of imidazole rings is 1. The van der Waals surface area contributed by atoms with Gasteiger partial charge >= 0.3 is 5.69 Å². The van der Waals surface area contributed by atoms with Crippen LogP contribution in [0.4, 0.5) is 0 Å². The number of hydrogen-bond acceptors (Lipinski definition) is 1. The molecule has 0 aliphatic heterocycles. The lowest BCUT2D eigenvalue weighted by molar-refractivity contribution is 0.748. The Balaban J connectivity index is 2.72. The Bertz CT molecular complexity index is 560. The maximum atomic E-state index is 11.9. The van der Waals surface area contributed by atoms with Crippen molar-refractivity contribution < 1.29 is 0 Å². The maximum Gasteiger partial charge on any atom is 0.329 e. The number of fused-ring (bicyclic) bond motifs is 1. The van der Waals surface area contributed by atoms with E-state index in [1.807, 2.05) is 43.3 Å². The van der Waals surface area contributed by atoms with Crippen molar-refractivity contribution in [2.75, 3.05) is 0 Å². The predicted octanol–water partition coefficient (Wildman–Crippen LogP) is 1.92. The lowest BCUT2D eigenvalue weighted by atomic mass is 10.3. The molecular weight excluding hydrogens is 188 g/mol. The van der Waals surface area contributed by atoms with E-state index in [4.69, 9.17) is 0 Å². The minimum Gasteiger partial charge on any atom is -0.295 e. The largest absolute Gasteiger partial charge is 0.329 e. The zero-order valence-electron chi connectivity index (χ0n) is 8.97. The van der Waals surface area contributed by atoms with Crippen LogP contribution in [0.1, 0.15) is 6.92 Å². The van der Waals surface area contributed by atoms with Crippen molar-refractivity contribution in [3.8, 4) is 0 Å². The lowest BCUT2D eigenvalue weighted by Gasteiger charge is -1.96. The van der Waals surface area contributed by atoms with Crippen LogP contribution in [0, 0.1) is 0 Å². The molecule has 1 aromatic heterocycles. The fourth-order valence-corrected chi connectivity index (χ4v) is 1.75. The predicted molar refractivity (Wildman–Crippen MR) is 62.0 cm³/mol. The third-order valence-corrected chi connectivity index (χ3v) is 2.58. The summed E-state index contributed by atoms with van der Waals surface area (Å²) in [6.45, 7) is 2.59. The second-order valence-corrected chi connectivity index (χ2v) is 3.51. The second-order valence-electron chi connectivity index (χ2n) is 3.51. The maximum absolute atomic E-state index is 11.9. The Morgan fingerprint density at radius 2 is 1.93 bits per heavy atom. The molecule has 0 aliphatic rings. The number of allylic oxidation sites excluding steroid dienone is 2. The van der Waals surface area contributed by atoms with Crippen LogP contribution in [0.15, 0.2) is 41.2 Å². The number of para-hydroxylation sites is 2. The second kappa shape index (κ2) is 3.77. The lowest BCUT2D eigenvalue weighted by Crippen LogP contribution is -2.21. The molecule has 3 nitrogen and oxygen atoms in total. The molecule has 0 fully saturated rings. The zero-order valence-corrected chi connectivity index (χ0v) is 8.97. The zero-order chi connectivity index (χ0) is 10.8. The van der Waals surface area contributed by atoms with E-state index < -0.39 is 0 Å². The number of aryl methyl sites for hydroxylation is 1. The highest BCUT2D eigenvalue weighted by molar-refractivity contribution is 5.75. The third kappa shape index (κ3) is 1.50. The van der Waals surface area contributed by atoms with Crippen molar-refractivity contribution in [2.45, 2.75) is 13.5 Å². The summed E-state index contributed by atoms with van der Waals surface area (Å²) in [4.78, 5) is 11.9. The van der Waals surface area contributed by atoms with E-state index in [-0.39, 0.29) is 5.69 Å². The number of hydrogen-bond donors (Lipinski definition) is 0. The van der Waals surface area contributed by atoms with Crippen LogP contribution in [0.5, 0.6) is 0 Å². The van der Waals surface area contributed by atoms with Crippen LogP contribution in [0.25, 0.3) is 11.0 Å². The van der Waals surface area contributed by atoms with Gasteiger partial charge in [0, 0.05) is 13.6 Å². The van der Waals surface area contributed by atoms with Gasteiger partial charge in [0.25, 0.3) is 0 Å². The van der Waals surface area contributed by atoms with Crippen molar-refractivity contribution in [3.05, 3.63) is 46.9 Å². The van der Waals surface area contributed by atoms with Crippen LogP contribution >= 0.6 is 0 Å². The number of nitrogens with zero attached hydrogens (tertiary/aromatic N) is 2. The first-order valence-electron chi connectivity index (χ1n) is 5.01. The molecule has 2 aromatic rings. The Morgan fingerprint density at radius 3 is 2.60 bits per heavy atom. The van der Waals surface area contributed by atoms with E-state index in [2.05, 4.69) is 0 Å². The van der Waals surface area contributed by atoms with E-state index in [0.717, 1.165) is 11.0 Å². The molecule has 0 saturated carbocycles. The fourth-order valence-electron chi connectivity index (χ4n) is 1.75. The molecule has 0 saturated heterocycles. The Labute approximate surface area is 88.3 Å². The van der Waals surface area contributed by atoms with E-state index in [1.165, 1.54) is 0 Å². The average Bonchev–Trinajstić information content (AvgIpc) is 2.51. The standard InChI is InChI=1S/C12H14N2O/c1-3-4-9-14-11-8-6-5-7-10(11)13(2)12(14)15/h3-8H,9H2,1-2H3/b4-3+. The van der Waals surface area contributed by atoms with Gasteiger partial charge in [-0.3, -0.25) is 9.13 Å². The topological polar surface area (TPSA) is 26.9 Å². The van der Waals surface area contributed by atoms with Crippen molar-refractivity contribution in [1.82, 2.24) is 9.13 Å². The molecule has 0 amide bonds. The Hall–Kier alpha value is -1.77. The molecule has 0 atom stereocenters. The summed E-state index contributed by atoms with van der Waals surface area (Å²) >= 11 is 0. The molecule has 0 aliphatic carbocycles. The van der Waals surface area contributed by atoms with Crippen molar-refractivity contribution >= 4 is 11.0 Å². The summed E-state index contributed by atoms with van der Waals surface area (Å²) in [6.07, 6.45) is 3.93. The molecule has 2 rings (SSSR count). The molecule has 1 aromatic carbocycles. The Kier molecular flexibility index (Phi) is 2.46. The van der Waals surface area contributed by atoms with Gasteiger partial charge in [0.15, 0.2) is 0 Å². The van der Waals surface area contributed by atoms with Crippen molar-refractivity contribution in [1.29, 1.82) is 0 Å². The fraction of sp³-hybridized carbons (Fsp3) is 0.250. The van der Waals surface area contributed by atoms with Gasteiger partial charge in [-0.2, -0.15) is 0 Å². The van der Waals surface area contributed by atoms with Crippen LogP contribution in [0.2, 0.25) is 0 Å².